The predicted molar refractivity (Wildman–Crippen MR) is 139 cm³/mol. The second kappa shape index (κ2) is 23.7. The molecule has 0 aliphatic rings. The topological polar surface area (TPSA) is 85.4 Å². The van der Waals surface area contributed by atoms with Crippen LogP contribution < -0.4 is 0 Å². The number of nitrogens with zero attached hydrogens (tertiary/aromatic N) is 2. The number of unbranched alkanes of at least 4 members (excludes halogenated alkanes) is 12. The van der Waals surface area contributed by atoms with Gasteiger partial charge in [0.2, 0.25) is 0 Å². The lowest BCUT2D eigenvalue weighted by molar-refractivity contribution is -0.0949. The minimum absolute atomic E-state index is 0.199. The lowest BCUT2D eigenvalue weighted by atomic mass is 10.1. The summed E-state index contributed by atoms with van der Waals surface area (Å²) in [5, 5.41) is 0.967. The average Bonchev–Trinajstić information content (AvgIpc) is 2.85. The average molecular weight is 501 g/mol. The first-order chi connectivity index (χ1) is 17.0. The van der Waals surface area contributed by atoms with Gasteiger partial charge in [-0.3, -0.25) is 0 Å². The Morgan fingerprint density at radius 3 is 1.43 bits per heavy atom. The number of carbonyl (C=O) groups is 3. The van der Waals surface area contributed by atoms with Crippen molar-refractivity contribution >= 4 is 18.3 Å². The van der Waals surface area contributed by atoms with Crippen LogP contribution in [0.4, 0.5) is 14.4 Å². The molecule has 0 saturated carbocycles. The first-order valence-corrected chi connectivity index (χ1v) is 14.1. The molecule has 0 rings (SSSR count). The lowest BCUT2D eigenvalue weighted by Gasteiger charge is -2.25. The second-order valence-corrected chi connectivity index (χ2v) is 9.08. The Labute approximate surface area is 214 Å². The van der Waals surface area contributed by atoms with Gasteiger partial charge in [0.1, 0.15) is 0 Å². The number of hydrogen-bond acceptors (Lipinski definition) is 6. The van der Waals surface area contributed by atoms with Crippen molar-refractivity contribution in [3.05, 3.63) is 0 Å². The molecule has 8 heteroatoms. The molecule has 0 fully saturated rings. The SMILES string of the molecule is CCCCCCCN(OC(=O)N(CCCCCCC)C(=O)OCCCCC)C(=O)OCCCCC. The van der Waals surface area contributed by atoms with E-state index in [0.717, 1.165) is 99.9 Å². The standard InChI is InChI=1S/C27H52N2O6/c1-5-9-13-15-17-21-28(25(30)33-23-19-11-7-3)26(31)35-29(22-18-16-14-10-6-2)27(32)34-24-20-12-8-4/h5-24H2,1-4H3. The van der Waals surface area contributed by atoms with Crippen molar-refractivity contribution in [3.8, 4) is 0 Å². The first kappa shape index (κ1) is 33.0. The highest BCUT2D eigenvalue weighted by Gasteiger charge is 2.29. The van der Waals surface area contributed by atoms with E-state index in [2.05, 4.69) is 27.7 Å². The van der Waals surface area contributed by atoms with Gasteiger partial charge in [-0.2, -0.15) is 0 Å². The zero-order valence-electron chi connectivity index (χ0n) is 23.0. The van der Waals surface area contributed by atoms with Crippen LogP contribution in [0.1, 0.15) is 130 Å². The molecule has 0 aromatic rings. The predicted octanol–water partition coefficient (Wildman–Crippen LogP) is 8.24. The summed E-state index contributed by atoms with van der Waals surface area (Å²) in [7, 11) is 0. The highest BCUT2D eigenvalue weighted by atomic mass is 16.8. The Hall–Kier alpha value is -1.99. The molecule has 3 amide bonds. The number of carbonyl (C=O) groups excluding carboxylic acids is 3. The normalized spacial score (nSPS) is 10.6. The molecule has 0 radical (unpaired) electrons. The number of imide groups is 1. The van der Waals surface area contributed by atoms with Crippen LogP contribution in [0.5, 0.6) is 0 Å². The summed E-state index contributed by atoms with van der Waals surface area (Å²) < 4.78 is 10.6. The molecule has 0 bridgehead atoms. The quantitative estimate of drug-likeness (QED) is 0.124. The molecule has 0 spiro atoms. The summed E-state index contributed by atoms with van der Waals surface area (Å²) in [6.07, 6.45) is 12.9. The second-order valence-electron chi connectivity index (χ2n) is 9.08. The van der Waals surface area contributed by atoms with Crippen LogP contribution in [0.3, 0.4) is 0 Å². The Bertz CT molecular complexity index is 544. The van der Waals surface area contributed by atoms with Gasteiger partial charge in [0, 0.05) is 6.54 Å². The number of hydroxylamine groups is 2. The Morgan fingerprint density at radius 1 is 0.486 bits per heavy atom. The van der Waals surface area contributed by atoms with Crippen molar-refractivity contribution in [2.24, 2.45) is 0 Å². The van der Waals surface area contributed by atoms with Crippen LogP contribution in [-0.4, -0.2) is 54.5 Å². The maximum atomic E-state index is 13.0. The van der Waals surface area contributed by atoms with Gasteiger partial charge >= 0.3 is 18.3 Å². The fourth-order valence-corrected chi connectivity index (χ4v) is 3.48. The summed E-state index contributed by atoms with van der Waals surface area (Å²) in [6, 6.07) is 0. The van der Waals surface area contributed by atoms with Crippen molar-refractivity contribution in [1.29, 1.82) is 0 Å². The Morgan fingerprint density at radius 2 is 0.914 bits per heavy atom. The summed E-state index contributed by atoms with van der Waals surface area (Å²) >= 11 is 0. The summed E-state index contributed by atoms with van der Waals surface area (Å²) in [5.74, 6) is 0. The number of ether oxygens (including phenoxy) is 2. The van der Waals surface area contributed by atoms with Crippen molar-refractivity contribution < 1.29 is 28.7 Å². The van der Waals surface area contributed by atoms with E-state index in [1.807, 2.05) is 0 Å². The molecule has 0 aliphatic carbocycles. The van der Waals surface area contributed by atoms with Crippen LogP contribution >= 0.6 is 0 Å². The maximum absolute atomic E-state index is 13.0. The fourth-order valence-electron chi connectivity index (χ4n) is 3.48. The molecule has 0 atom stereocenters. The molecule has 0 saturated heterocycles. The zero-order valence-corrected chi connectivity index (χ0v) is 23.0. The van der Waals surface area contributed by atoms with Crippen LogP contribution in [0.15, 0.2) is 0 Å². The molecule has 0 heterocycles. The largest absolute Gasteiger partial charge is 0.449 e. The highest BCUT2D eigenvalue weighted by molar-refractivity contribution is 5.88. The minimum atomic E-state index is -0.889. The van der Waals surface area contributed by atoms with E-state index in [1.54, 1.807) is 0 Å². The van der Waals surface area contributed by atoms with Crippen LogP contribution in [-0.2, 0) is 14.3 Å². The number of amides is 3. The van der Waals surface area contributed by atoms with Crippen molar-refractivity contribution in [1.82, 2.24) is 9.96 Å². The molecule has 8 nitrogen and oxygen atoms in total. The molecule has 0 aromatic carbocycles. The third-order valence-corrected chi connectivity index (χ3v) is 5.73. The molecule has 206 valence electrons. The zero-order chi connectivity index (χ0) is 26.2. The summed E-state index contributed by atoms with van der Waals surface area (Å²) in [6.45, 7) is 9.38. The van der Waals surface area contributed by atoms with Crippen LogP contribution in [0.25, 0.3) is 0 Å². The minimum Gasteiger partial charge on any atom is -0.449 e. The third kappa shape index (κ3) is 18.0. The number of hydrogen-bond donors (Lipinski definition) is 0. The van der Waals surface area contributed by atoms with E-state index >= 15 is 0 Å². The van der Waals surface area contributed by atoms with Crippen molar-refractivity contribution in [2.75, 3.05) is 26.3 Å². The maximum Gasteiger partial charge on any atom is 0.443 e. The smallest absolute Gasteiger partial charge is 0.443 e. The number of rotatable bonds is 20. The molecule has 0 unspecified atom stereocenters. The van der Waals surface area contributed by atoms with E-state index in [4.69, 9.17) is 14.3 Å². The Balaban J connectivity index is 5.10. The monoisotopic (exact) mass is 500 g/mol. The molecular weight excluding hydrogens is 448 g/mol. The summed E-state index contributed by atoms with van der Waals surface area (Å²) in [5.41, 5.74) is 0. The van der Waals surface area contributed by atoms with E-state index in [9.17, 15) is 14.4 Å². The van der Waals surface area contributed by atoms with Crippen LogP contribution in [0.2, 0.25) is 0 Å². The van der Waals surface area contributed by atoms with E-state index < -0.39 is 18.3 Å². The highest BCUT2D eigenvalue weighted by Crippen LogP contribution is 2.11. The van der Waals surface area contributed by atoms with E-state index in [1.165, 1.54) is 0 Å². The molecule has 0 N–H and O–H groups in total. The lowest BCUT2D eigenvalue weighted by Crippen LogP contribution is -2.44. The van der Waals surface area contributed by atoms with Gasteiger partial charge in [-0.05, 0) is 25.7 Å². The van der Waals surface area contributed by atoms with Crippen LogP contribution in [0, 0.1) is 0 Å². The van der Waals surface area contributed by atoms with Gasteiger partial charge < -0.3 is 14.3 Å². The van der Waals surface area contributed by atoms with Gasteiger partial charge in [-0.1, -0.05) is 105 Å². The van der Waals surface area contributed by atoms with Gasteiger partial charge in [0.25, 0.3) is 0 Å². The fraction of sp³-hybridized carbons (Fsp3) is 0.889. The van der Waals surface area contributed by atoms with Gasteiger partial charge in [-0.15, -0.1) is 5.06 Å². The summed E-state index contributed by atoms with van der Waals surface area (Å²) in [4.78, 5) is 44.6. The van der Waals surface area contributed by atoms with E-state index in [0.29, 0.717) is 12.8 Å². The molecule has 35 heavy (non-hydrogen) atoms. The van der Waals surface area contributed by atoms with Gasteiger partial charge in [0.05, 0.1) is 19.8 Å². The molecule has 0 aromatic heterocycles. The molecular formula is C27H52N2O6. The first-order valence-electron chi connectivity index (χ1n) is 14.1. The van der Waals surface area contributed by atoms with Gasteiger partial charge in [-0.25, -0.2) is 19.3 Å². The third-order valence-electron chi connectivity index (χ3n) is 5.73. The van der Waals surface area contributed by atoms with E-state index in [-0.39, 0.29) is 26.3 Å². The van der Waals surface area contributed by atoms with Crippen molar-refractivity contribution in [2.45, 2.75) is 130 Å². The van der Waals surface area contributed by atoms with Crippen molar-refractivity contribution in [3.63, 3.8) is 0 Å². The van der Waals surface area contributed by atoms with Gasteiger partial charge in [0.15, 0.2) is 0 Å². The molecule has 0 aliphatic heterocycles. The Kier molecular flexibility index (Phi) is 22.4.